The summed E-state index contributed by atoms with van der Waals surface area (Å²) in [5.74, 6) is -0.177. The molecule has 0 amide bonds. The average Bonchev–Trinajstić information content (AvgIpc) is 2.60. The molecule has 132 valence electrons. The van der Waals surface area contributed by atoms with Gasteiger partial charge in [0.2, 0.25) is 5.95 Å². The van der Waals surface area contributed by atoms with Crippen LogP contribution in [0, 0.1) is 18.6 Å². The van der Waals surface area contributed by atoms with E-state index >= 15 is 0 Å². The van der Waals surface area contributed by atoms with Gasteiger partial charge >= 0.3 is 0 Å². The van der Waals surface area contributed by atoms with Crippen molar-refractivity contribution in [3.63, 3.8) is 0 Å². The normalized spacial score (nSPS) is 11.6. The Labute approximate surface area is 148 Å². The number of pyridine rings is 1. The van der Waals surface area contributed by atoms with Gasteiger partial charge in [-0.3, -0.25) is 4.98 Å². The Bertz CT molecular complexity index is 953. The molecular weight excluding hydrogens is 338 g/mol. The number of halogens is 2. The van der Waals surface area contributed by atoms with Crippen molar-refractivity contribution in [2.75, 3.05) is 5.73 Å². The number of hydrogen-bond donors (Lipinski definition) is 2. The largest absolute Gasteiger partial charge is 0.387 e. The Morgan fingerprint density at radius 2 is 1.73 bits per heavy atom. The lowest BCUT2D eigenvalue weighted by molar-refractivity contribution is 0.620. The number of hydrogen-bond acceptors (Lipinski definition) is 5. The lowest BCUT2D eigenvalue weighted by Crippen LogP contribution is -2.16. The van der Waals surface area contributed by atoms with E-state index in [1.807, 2.05) is 0 Å². The fourth-order valence-corrected chi connectivity index (χ4v) is 2.39. The van der Waals surface area contributed by atoms with Gasteiger partial charge < -0.3 is 11.5 Å². The van der Waals surface area contributed by atoms with Crippen LogP contribution in [0.5, 0.6) is 0 Å². The maximum Gasteiger partial charge on any atom is 0.222 e. The predicted molar refractivity (Wildman–Crippen MR) is 95.8 cm³/mol. The van der Waals surface area contributed by atoms with Crippen LogP contribution in [0.4, 0.5) is 20.5 Å². The summed E-state index contributed by atoms with van der Waals surface area (Å²) in [6.07, 6.45) is 1.35. The molecule has 0 fully saturated rings. The number of aromatic nitrogens is 3. The number of anilines is 1. The summed E-state index contributed by atoms with van der Waals surface area (Å²) in [5, 5.41) is 0. The predicted octanol–water partition coefficient (Wildman–Crippen LogP) is 2.94. The SMILES string of the molecule is Cc1c(N=C(N)Cc2ccc(F)cn2)nc(N)nc1-c1ccc(F)cc1. The van der Waals surface area contributed by atoms with E-state index in [0.29, 0.717) is 28.3 Å². The monoisotopic (exact) mass is 354 g/mol. The van der Waals surface area contributed by atoms with Crippen LogP contribution in [0.15, 0.2) is 47.6 Å². The van der Waals surface area contributed by atoms with Crippen molar-refractivity contribution in [1.29, 1.82) is 0 Å². The Morgan fingerprint density at radius 1 is 1.04 bits per heavy atom. The van der Waals surface area contributed by atoms with Gasteiger partial charge in [0.05, 0.1) is 11.9 Å². The Kier molecular flexibility index (Phi) is 4.83. The molecule has 0 spiro atoms. The van der Waals surface area contributed by atoms with Gasteiger partial charge in [-0.05, 0) is 43.3 Å². The summed E-state index contributed by atoms with van der Waals surface area (Å²) in [6.45, 7) is 1.78. The molecule has 0 aliphatic carbocycles. The van der Waals surface area contributed by atoms with Crippen molar-refractivity contribution >= 4 is 17.6 Å². The zero-order valence-corrected chi connectivity index (χ0v) is 13.9. The van der Waals surface area contributed by atoms with Crippen molar-refractivity contribution in [1.82, 2.24) is 15.0 Å². The van der Waals surface area contributed by atoms with Crippen LogP contribution < -0.4 is 11.5 Å². The lowest BCUT2D eigenvalue weighted by atomic mass is 10.1. The molecule has 0 aliphatic heterocycles. The third-order valence-electron chi connectivity index (χ3n) is 3.66. The van der Waals surface area contributed by atoms with Crippen LogP contribution in [0.25, 0.3) is 11.3 Å². The summed E-state index contributed by atoms with van der Waals surface area (Å²) in [6, 6.07) is 8.71. The number of nitrogen functional groups attached to an aromatic ring is 1. The number of nitrogens with two attached hydrogens (primary N) is 2. The number of benzene rings is 1. The molecule has 2 heterocycles. The van der Waals surface area contributed by atoms with Crippen LogP contribution in [-0.2, 0) is 6.42 Å². The van der Waals surface area contributed by atoms with Crippen molar-refractivity contribution < 1.29 is 8.78 Å². The molecule has 8 heteroatoms. The number of rotatable bonds is 4. The van der Waals surface area contributed by atoms with Gasteiger partial charge in [-0.25, -0.2) is 18.8 Å². The van der Waals surface area contributed by atoms with E-state index in [9.17, 15) is 8.78 Å². The summed E-state index contributed by atoms with van der Waals surface area (Å²) in [4.78, 5) is 16.6. The van der Waals surface area contributed by atoms with Crippen LogP contribution in [0.1, 0.15) is 11.3 Å². The number of nitrogens with zero attached hydrogens (tertiary/aromatic N) is 4. The maximum atomic E-state index is 13.1. The third kappa shape index (κ3) is 3.97. The molecule has 0 aliphatic rings. The van der Waals surface area contributed by atoms with Crippen LogP contribution in [0.2, 0.25) is 0 Å². The summed E-state index contributed by atoms with van der Waals surface area (Å²) in [5.41, 5.74) is 14.2. The summed E-state index contributed by atoms with van der Waals surface area (Å²) < 4.78 is 26.1. The van der Waals surface area contributed by atoms with Gasteiger partial charge in [-0.1, -0.05) is 0 Å². The molecule has 4 N–H and O–H groups in total. The molecule has 0 bridgehead atoms. The maximum absolute atomic E-state index is 13.1. The molecule has 26 heavy (non-hydrogen) atoms. The van der Waals surface area contributed by atoms with E-state index in [2.05, 4.69) is 19.9 Å². The third-order valence-corrected chi connectivity index (χ3v) is 3.66. The van der Waals surface area contributed by atoms with Crippen molar-refractivity contribution in [2.45, 2.75) is 13.3 Å². The zero-order valence-electron chi connectivity index (χ0n) is 13.9. The second kappa shape index (κ2) is 7.22. The van der Waals surface area contributed by atoms with E-state index in [0.717, 1.165) is 6.20 Å². The quantitative estimate of drug-likeness (QED) is 0.554. The molecular formula is C18H16F2N6. The van der Waals surface area contributed by atoms with Gasteiger partial charge in [0, 0.05) is 23.2 Å². The number of aliphatic imine (C=N–C) groups is 1. The van der Waals surface area contributed by atoms with Gasteiger partial charge in [-0.15, -0.1) is 0 Å². The second-order valence-electron chi connectivity index (χ2n) is 5.63. The highest BCUT2D eigenvalue weighted by Gasteiger charge is 2.12. The Balaban J connectivity index is 1.94. The number of amidine groups is 1. The van der Waals surface area contributed by atoms with Crippen LogP contribution >= 0.6 is 0 Å². The standard InChI is InChI=1S/C18H16F2N6/c1-10-16(11-2-4-12(19)5-3-11)25-18(22)26-17(10)24-15(21)8-14-7-6-13(20)9-23-14/h2-7,9H,8H2,1H3,(H4,21,22,24,25,26). The van der Waals surface area contributed by atoms with Gasteiger partial charge in [0.25, 0.3) is 0 Å². The molecule has 0 saturated heterocycles. The first kappa shape index (κ1) is 17.4. The molecule has 0 saturated carbocycles. The molecule has 2 aromatic heterocycles. The summed E-state index contributed by atoms with van der Waals surface area (Å²) >= 11 is 0. The first-order chi connectivity index (χ1) is 12.4. The highest BCUT2D eigenvalue weighted by Crippen LogP contribution is 2.28. The molecule has 3 rings (SSSR count). The highest BCUT2D eigenvalue weighted by molar-refractivity contribution is 5.85. The first-order valence-corrected chi connectivity index (χ1v) is 7.76. The van der Waals surface area contributed by atoms with Crippen LogP contribution in [0.3, 0.4) is 0 Å². The topological polar surface area (TPSA) is 103 Å². The van der Waals surface area contributed by atoms with Gasteiger partial charge in [0.1, 0.15) is 17.5 Å². The van der Waals surface area contributed by atoms with Crippen molar-refractivity contribution in [3.8, 4) is 11.3 Å². The minimum absolute atomic E-state index is 0.0291. The van der Waals surface area contributed by atoms with Crippen LogP contribution in [-0.4, -0.2) is 20.8 Å². The molecule has 0 atom stereocenters. The second-order valence-corrected chi connectivity index (χ2v) is 5.63. The fourth-order valence-electron chi connectivity index (χ4n) is 2.39. The van der Waals surface area contributed by atoms with E-state index in [1.165, 1.54) is 24.3 Å². The van der Waals surface area contributed by atoms with Crippen molar-refractivity contribution in [2.24, 2.45) is 10.7 Å². The summed E-state index contributed by atoms with van der Waals surface area (Å²) in [7, 11) is 0. The zero-order chi connectivity index (χ0) is 18.7. The van der Waals surface area contributed by atoms with Gasteiger partial charge in [0.15, 0.2) is 5.82 Å². The van der Waals surface area contributed by atoms with E-state index < -0.39 is 5.82 Å². The smallest absolute Gasteiger partial charge is 0.222 e. The average molecular weight is 354 g/mol. The van der Waals surface area contributed by atoms with E-state index in [1.54, 1.807) is 19.1 Å². The molecule has 0 radical (unpaired) electrons. The van der Waals surface area contributed by atoms with Crippen molar-refractivity contribution in [3.05, 3.63) is 65.5 Å². The fraction of sp³-hybridized carbons (Fsp3) is 0.111. The van der Waals surface area contributed by atoms with E-state index in [-0.39, 0.29) is 24.0 Å². The van der Waals surface area contributed by atoms with E-state index in [4.69, 9.17) is 11.5 Å². The minimum Gasteiger partial charge on any atom is -0.387 e. The Hall–Kier alpha value is -3.42. The molecule has 6 nitrogen and oxygen atoms in total. The first-order valence-electron chi connectivity index (χ1n) is 7.76. The highest BCUT2D eigenvalue weighted by atomic mass is 19.1. The molecule has 0 unspecified atom stereocenters. The molecule has 1 aromatic carbocycles. The minimum atomic E-state index is -0.424. The van der Waals surface area contributed by atoms with Gasteiger partial charge in [-0.2, -0.15) is 4.98 Å². The molecule has 3 aromatic rings. The Morgan fingerprint density at radius 3 is 2.38 bits per heavy atom. The lowest BCUT2D eigenvalue weighted by Gasteiger charge is -2.09.